The Balaban J connectivity index is 1.41. The molecule has 3 fully saturated rings. The maximum atomic E-state index is 14.4. The van der Waals surface area contributed by atoms with Gasteiger partial charge in [-0.05, 0) is 80.3 Å². The normalized spacial score (nSPS) is 20.5. The molecule has 5 rings (SSSR count). The number of alkyl carbamates (subject to hydrolysis) is 1. The average molecular weight is 728 g/mol. The minimum atomic E-state index is -1.51. The van der Waals surface area contributed by atoms with Crippen LogP contribution in [0.5, 0.6) is 0 Å². The number of Topliss-reactive ketones (excluding diaryl/α,β-unsaturated/α-hetero) is 1. The predicted octanol–water partition coefficient (Wildman–Crippen LogP) is 6.33. The largest absolute Gasteiger partial charge is 0.440 e. The van der Waals surface area contributed by atoms with Crippen LogP contribution in [0.25, 0.3) is 0 Å². The Bertz CT molecular complexity index is 1570. The van der Waals surface area contributed by atoms with Crippen molar-refractivity contribution in [3.05, 3.63) is 69.7 Å². The quantitative estimate of drug-likeness (QED) is 0.168. The molecule has 2 saturated carbocycles. The summed E-state index contributed by atoms with van der Waals surface area (Å²) in [4.78, 5) is 67.3. The van der Waals surface area contributed by atoms with Crippen LogP contribution in [0.4, 0.5) is 4.79 Å². The zero-order chi connectivity index (χ0) is 36.1. The Morgan fingerprint density at radius 3 is 2.24 bits per heavy atom. The maximum Gasteiger partial charge on any atom is 0.408 e. The number of hydrogen-bond donors (Lipinski definition) is 4. The summed E-state index contributed by atoms with van der Waals surface area (Å²) in [5, 5.41) is 12.2. The third kappa shape index (κ3) is 9.57. The zero-order valence-corrected chi connectivity index (χ0v) is 30.5. The van der Waals surface area contributed by atoms with Gasteiger partial charge in [-0.2, -0.15) is 0 Å². The smallest absolute Gasteiger partial charge is 0.408 e. The molecule has 1 heterocycles. The first-order chi connectivity index (χ1) is 23.7. The summed E-state index contributed by atoms with van der Waals surface area (Å²) < 4.78 is 6.23. The highest BCUT2D eigenvalue weighted by atomic mass is 35.5. The van der Waals surface area contributed by atoms with Gasteiger partial charge in [-0.1, -0.05) is 93.4 Å². The molecule has 0 radical (unpaired) electrons. The van der Waals surface area contributed by atoms with Crippen LogP contribution in [0.3, 0.4) is 0 Å². The summed E-state index contributed by atoms with van der Waals surface area (Å²) in [5.74, 6) is -2.82. The second-order valence-electron chi connectivity index (χ2n) is 14.9. The SMILES string of the molecule is CC(C)(c1cccc(Cl)c1)C(OC(=O)N[C@](C)(CC1CCCCC1)C(=O)N[C@@H](C[C@@H]1CCNC1=O)C(=O)C(=O)NC1CC1)c1ccc(Cl)cc1. The molecule has 0 aromatic heterocycles. The fourth-order valence-corrected chi connectivity index (χ4v) is 7.50. The van der Waals surface area contributed by atoms with E-state index in [1.54, 1.807) is 37.3 Å². The topological polar surface area (TPSA) is 143 Å². The van der Waals surface area contributed by atoms with E-state index in [4.69, 9.17) is 27.9 Å². The van der Waals surface area contributed by atoms with Crippen molar-refractivity contribution in [1.82, 2.24) is 21.3 Å². The summed E-state index contributed by atoms with van der Waals surface area (Å²) in [5.41, 5.74) is -0.753. The van der Waals surface area contributed by atoms with Gasteiger partial charge in [-0.25, -0.2) is 4.79 Å². The van der Waals surface area contributed by atoms with Crippen LogP contribution in [-0.2, 0) is 29.3 Å². The van der Waals surface area contributed by atoms with Crippen molar-refractivity contribution < 1.29 is 28.7 Å². The minimum absolute atomic E-state index is 0.0229. The molecule has 10 nitrogen and oxygen atoms in total. The number of hydrogen-bond acceptors (Lipinski definition) is 6. The zero-order valence-electron chi connectivity index (χ0n) is 29.0. The van der Waals surface area contributed by atoms with Crippen LogP contribution in [0.15, 0.2) is 48.5 Å². The van der Waals surface area contributed by atoms with Crippen LogP contribution in [0.1, 0.15) is 102 Å². The number of carbonyl (C=O) groups excluding carboxylic acids is 5. The first kappa shape index (κ1) is 37.6. The molecule has 2 aromatic rings. The molecule has 50 heavy (non-hydrogen) atoms. The molecule has 4 amide bonds. The number of halogens is 2. The minimum Gasteiger partial charge on any atom is -0.440 e. The Morgan fingerprint density at radius 1 is 0.920 bits per heavy atom. The van der Waals surface area contributed by atoms with E-state index in [-0.39, 0.29) is 24.3 Å². The summed E-state index contributed by atoms with van der Waals surface area (Å²) in [6.07, 6.45) is 5.62. The van der Waals surface area contributed by atoms with E-state index in [1.165, 1.54) is 0 Å². The molecule has 2 aromatic carbocycles. The van der Waals surface area contributed by atoms with Crippen molar-refractivity contribution in [3.63, 3.8) is 0 Å². The first-order valence-corrected chi connectivity index (χ1v) is 18.4. The maximum absolute atomic E-state index is 14.4. The first-order valence-electron chi connectivity index (χ1n) is 17.7. The highest BCUT2D eigenvalue weighted by Crippen LogP contribution is 2.41. The van der Waals surface area contributed by atoms with Gasteiger partial charge in [0, 0.05) is 34.0 Å². The van der Waals surface area contributed by atoms with Crippen LogP contribution in [0, 0.1) is 11.8 Å². The van der Waals surface area contributed by atoms with Crippen molar-refractivity contribution >= 4 is 52.8 Å². The molecule has 4 N–H and O–H groups in total. The van der Waals surface area contributed by atoms with Gasteiger partial charge in [0.15, 0.2) is 0 Å². The van der Waals surface area contributed by atoms with Crippen molar-refractivity contribution in [3.8, 4) is 0 Å². The van der Waals surface area contributed by atoms with E-state index in [2.05, 4.69) is 21.3 Å². The van der Waals surface area contributed by atoms with Gasteiger partial charge in [-0.15, -0.1) is 0 Å². The van der Waals surface area contributed by atoms with E-state index < -0.39 is 52.7 Å². The molecule has 12 heteroatoms. The number of benzene rings is 2. The number of ether oxygens (including phenoxy) is 1. The van der Waals surface area contributed by atoms with E-state index in [1.807, 2.05) is 32.0 Å². The molecule has 4 atom stereocenters. The van der Waals surface area contributed by atoms with E-state index in [0.29, 0.717) is 35.0 Å². The Labute approximate surface area is 304 Å². The van der Waals surface area contributed by atoms with Crippen molar-refractivity contribution in [1.29, 1.82) is 0 Å². The second-order valence-corrected chi connectivity index (χ2v) is 15.8. The van der Waals surface area contributed by atoms with E-state index in [9.17, 15) is 24.0 Å². The molecular weight excluding hydrogens is 679 g/mol. The third-order valence-corrected chi connectivity index (χ3v) is 10.9. The van der Waals surface area contributed by atoms with Gasteiger partial charge in [0.05, 0.1) is 6.04 Å². The highest BCUT2D eigenvalue weighted by Gasteiger charge is 2.44. The Morgan fingerprint density at radius 2 is 1.62 bits per heavy atom. The number of ketones is 1. The van der Waals surface area contributed by atoms with Gasteiger partial charge in [0.25, 0.3) is 5.91 Å². The number of nitrogens with one attached hydrogen (secondary N) is 4. The Hall–Kier alpha value is -3.63. The van der Waals surface area contributed by atoms with Crippen LogP contribution in [0.2, 0.25) is 10.0 Å². The van der Waals surface area contributed by atoms with Gasteiger partial charge in [-0.3, -0.25) is 19.2 Å². The van der Waals surface area contributed by atoms with Gasteiger partial charge < -0.3 is 26.0 Å². The van der Waals surface area contributed by atoms with Crippen LogP contribution in [-0.4, -0.2) is 53.8 Å². The molecule has 270 valence electrons. The monoisotopic (exact) mass is 726 g/mol. The van der Waals surface area contributed by atoms with Crippen LogP contribution >= 0.6 is 23.2 Å². The summed E-state index contributed by atoms with van der Waals surface area (Å²) in [6, 6.07) is 13.1. The van der Waals surface area contributed by atoms with Gasteiger partial charge >= 0.3 is 6.09 Å². The molecular formula is C38H48Cl2N4O6. The fraction of sp³-hybridized carbons (Fsp3) is 0.553. The molecule has 1 unspecified atom stereocenters. The molecule has 0 bridgehead atoms. The second kappa shape index (κ2) is 16.1. The van der Waals surface area contributed by atoms with Crippen LogP contribution < -0.4 is 21.3 Å². The van der Waals surface area contributed by atoms with Gasteiger partial charge in [0.1, 0.15) is 11.6 Å². The third-order valence-electron chi connectivity index (χ3n) is 10.4. The standard InChI is InChI=1S/C38H48Cl2N4O6/c1-37(2,26-10-7-11-28(40)21-26)32(24-12-14-27(39)15-13-24)50-36(49)44-38(3,22-23-8-5-4-6-9-23)35(48)43-30(20-25-18-19-41-33(25)46)31(45)34(47)42-29-16-17-29/h7,10-15,21,23,25,29-30,32H,4-6,8-9,16-20,22H2,1-3H3,(H,41,46)(H,42,47)(H,43,48)(H,44,49)/t25-,30-,32?,38+/m0/s1. The molecule has 1 saturated heterocycles. The van der Waals surface area contributed by atoms with E-state index in [0.717, 1.165) is 50.5 Å². The molecule has 2 aliphatic carbocycles. The predicted molar refractivity (Wildman–Crippen MR) is 192 cm³/mol. The number of rotatable bonds is 14. The Kier molecular flexibility index (Phi) is 12.2. The van der Waals surface area contributed by atoms with Crippen molar-refractivity contribution in [2.45, 2.75) is 114 Å². The lowest BCUT2D eigenvalue weighted by Crippen LogP contribution is -2.61. The lowest BCUT2D eigenvalue weighted by Gasteiger charge is -2.38. The molecule has 3 aliphatic rings. The molecule has 0 spiro atoms. The summed E-state index contributed by atoms with van der Waals surface area (Å²) >= 11 is 12.6. The number of amides is 4. The van der Waals surface area contributed by atoms with Crippen molar-refractivity contribution in [2.75, 3.05) is 6.54 Å². The van der Waals surface area contributed by atoms with Crippen molar-refractivity contribution in [2.24, 2.45) is 11.8 Å². The summed E-state index contributed by atoms with van der Waals surface area (Å²) in [6.45, 7) is 5.98. The van der Waals surface area contributed by atoms with E-state index >= 15 is 0 Å². The lowest BCUT2D eigenvalue weighted by atomic mass is 9.76. The summed E-state index contributed by atoms with van der Waals surface area (Å²) in [7, 11) is 0. The average Bonchev–Trinajstić information content (AvgIpc) is 3.81. The fourth-order valence-electron chi connectivity index (χ4n) is 7.19. The number of carbonyl (C=O) groups is 5. The molecule has 1 aliphatic heterocycles. The highest BCUT2D eigenvalue weighted by molar-refractivity contribution is 6.38. The lowest BCUT2D eigenvalue weighted by molar-refractivity contribution is -0.141. The van der Waals surface area contributed by atoms with Gasteiger partial charge in [0.2, 0.25) is 17.6 Å².